The van der Waals surface area contributed by atoms with Crippen LogP contribution in [0.25, 0.3) is 0 Å². The van der Waals surface area contributed by atoms with Crippen molar-refractivity contribution in [2.24, 2.45) is 0 Å². The summed E-state index contributed by atoms with van der Waals surface area (Å²) in [5.41, 5.74) is -0.622. The van der Waals surface area contributed by atoms with E-state index in [1.165, 1.54) is 0 Å². The highest BCUT2D eigenvalue weighted by molar-refractivity contribution is 5.73. The third-order valence-electron chi connectivity index (χ3n) is 1.72. The van der Waals surface area contributed by atoms with Gasteiger partial charge in [0.15, 0.2) is 0 Å². The fraction of sp³-hybridized carbons (Fsp3) is 0.833. The first-order valence-corrected chi connectivity index (χ1v) is 5.94. The standard InChI is InChI=1S/C12H23NO5/c1-8(2)17-10(15)6-9(7-14)13-11(16)18-12(3,4)5/h8-9,14H,6-7H2,1-5H3,(H,13,16)/t9-/m0/s1. The van der Waals surface area contributed by atoms with Gasteiger partial charge in [-0.2, -0.15) is 0 Å². The van der Waals surface area contributed by atoms with Crippen molar-refractivity contribution in [2.45, 2.75) is 58.8 Å². The maximum absolute atomic E-state index is 11.4. The van der Waals surface area contributed by atoms with Crippen molar-refractivity contribution in [1.29, 1.82) is 0 Å². The molecule has 6 heteroatoms. The van der Waals surface area contributed by atoms with Gasteiger partial charge in [0, 0.05) is 0 Å². The van der Waals surface area contributed by atoms with Crippen molar-refractivity contribution in [3.8, 4) is 0 Å². The second-order valence-corrected chi connectivity index (χ2v) is 5.27. The Bertz CT molecular complexity index is 283. The summed E-state index contributed by atoms with van der Waals surface area (Å²) in [7, 11) is 0. The maximum atomic E-state index is 11.4. The van der Waals surface area contributed by atoms with Crippen molar-refractivity contribution in [3.05, 3.63) is 0 Å². The molecule has 0 aromatic rings. The molecule has 0 bridgehead atoms. The summed E-state index contributed by atoms with van der Waals surface area (Å²) in [6, 6.07) is -0.703. The van der Waals surface area contributed by atoms with E-state index in [1.807, 2.05) is 0 Å². The minimum atomic E-state index is -0.703. The van der Waals surface area contributed by atoms with Gasteiger partial charge in [0.2, 0.25) is 0 Å². The van der Waals surface area contributed by atoms with Crippen LogP contribution in [0.15, 0.2) is 0 Å². The van der Waals surface area contributed by atoms with Crippen LogP contribution >= 0.6 is 0 Å². The molecule has 0 radical (unpaired) electrons. The molecule has 2 N–H and O–H groups in total. The zero-order valence-corrected chi connectivity index (χ0v) is 11.6. The Labute approximate surface area is 108 Å². The monoisotopic (exact) mass is 261 g/mol. The molecule has 0 aliphatic rings. The Morgan fingerprint density at radius 3 is 2.22 bits per heavy atom. The van der Waals surface area contributed by atoms with E-state index < -0.39 is 23.7 Å². The molecule has 0 unspecified atom stereocenters. The van der Waals surface area contributed by atoms with Crippen LogP contribution in [0.3, 0.4) is 0 Å². The van der Waals surface area contributed by atoms with E-state index in [9.17, 15) is 9.59 Å². The molecule has 106 valence electrons. The van der Waals surface area contributed by atoms with Gasteiger partial charge >= 0.3 is 12.1 Å². The van der Waals surface area contributed by atoms with Crippen LogP contribution in [0.2, 0.25) is 0 Å². The lowest BCUT2D eigenvalue weighted by Gasteiger charge is -2.22. The number of alkyl carbamates (subject to hydrolysis) is 1. The van der Waals surface area contributed by atoms with Crippen LogP contribution in [0.1, 0.15) is 41.0 Å². The molecule has 18 heavy (non-hydrogen) atoms. The van der Waals surface area contributed by atoms with Gasteiger partial charge in [-0.15, -0.1) is 0 Å². The number of esters is 1. The SMILES string of the molecule is CC(C)OC(=O)C[C@@H](CO)NC(=O)OC(C)(C)C. The fourth-order valence-corrected chi connectivity index (χ4v) is 1.15. The first-order chi connectivity index (χ1) is 8.14. The average molecular weight is 261 g/mol. The van der Waals surface area contributed by atoms with E-state index in [2.05, 4.69) is 5.32 Å². The predicted molar refractivity (Wildman–Crippen MR) is 66.1 cm³/mol. The molecule has 0 fully saturated rings. The Morgan fingerprint density at radius 1 is 1.28 bits per heavy atom. The number of ether oxygens (including phenoxy) is 2. The minimum absolute atomic E-state index is 0.0894. The predicted octanol–water partition coefficient (Wildman–Crippen LogP) is 1.21. The lowest BCUT2D eigenvalue weighted by molar-refractivity contribution is -0.148. The molecule has 0 saturated carbocycles. The fourth-order valence-electron chi connectivity index (χ4n) is 1.15. The van der Waals surface area contributed by atoms with Crippen LogP contribution in [-0.2, 0) is 14.3 Å². The number of carbonyl (C=O) groups excluding carboxylic acids is 2. The van der Waals surface area contributed by atoms with Gasteiger partial charge in [0.1, 0.15) is 5.60 Å². The van der Waals surface area contributed by atoms with Crippen LogP contribution in [-0.4, -0.2) is 41.5 Å². The van der Waals surface area contributed by atoms with E-state index in [1.54, 1.807) is 34.6 Å². The average Bonchev–Trinajstić information content (AvgIpc) is 2.11. The number of hydrogen-bond donors (Lipinski definition) is 2. The molecular formula is C12H23NO5. The quantitative estimate of drug-likeness (QED) is 0.727. The summed E-state index contributed by atoms with van der Waals surface area (Å²) >= 11 is 0. The number of amides is 1. The van der Waals surface area contributed by atoms with Crippen LogP contribution in [0.4, 0.5) is 4.79 Å². The maximum Gasteiger partial charge on any atom is 0.407 e. The molecule has 1 amide bonds. The molecular weight excluding hydrogens is 238 g/mol. The van der Waals surface area contributed by atoms with Gasteiger partial charge in [0.25, 0.3) is 0 Å². The zero-order valence-electron chi connectivity index (χ0n) is 11.6. The summed E-state index contributed by atoms with van der Waals surface area (Å²) in [5, 5.41) is 11.5. The number of rotatable bonds is 5. The summed E-state index contributed by atoms with van der Waals surface area (Å²) in [6.45, 7) is 8.29. The van der Waals surface area contributed by atoms with Gasteiger partial charge in [-0.1, -0.05) is 0 Å². The molecule has 0 spiro atoms. The van der Waals surface area contributed by atoms with E-state index in [0.29, 0.717) is 0 Å². The van der Waals surface area contributed by atoms with E-state index in [-0.39, 0.29) is 19.1 Å². The third-order valence-corrected chi connectivity index (χ3v) is 1.72. The normalized spacial score (nSPS) is 13.1. The Kier molecular flexibility index (Phi) is 6.68. The van der Waals surface area contributed by atoms with Crippen molar-refractivity contribution in [2.75, 3.05) is 6.61 Å². The topological polar surface area (TPSA) is 84.9 Å². The molecule has 0 aromatic carbocycles. The number of hydrogen-bond acceptors (Lipinski definition) is 5. The largest absolute Gasteiger partial charge is 0.463 e. The summed E-state index contributed by atoms with van der Waals surface area (Å²) in [4.78, 5) is 22.8. The van der Waals surface area contributed by atoms with Crippen molar-refractivity contribution < 1.29 is 24.2 Å². The highest BCUT2D eigenvalue weighted by Crippen LogP contribution is 2.07. The molecule has 0 aliphatic carbocycles. The van der Waals surface area contributed by atoms with Crippen LogP contribution in [0, 0.1) is 0 Å². The second-order valence-electron chi connectivity index (χ2n) is 5.27. The van der Waals surface area contributed by atoms with Crippen molar-refractivity contribution in [3.63, 3.8) is 0 Å². The van der Waals surface area contributed by atoms with Crippen molar-refractivity contribution in [1.82, 2.24) is 5.32 Å². The highest BCUT2D eigenvalue weighted by Gasteiger charge is 2.21. The minimum Gasteiger partial charge on any atom is -0.463 e. The van der Waals surface area contributed by atoms with Gasteiger partial charge in [0.05, 0.1) is 25.2 Å². The lowest BCUT2D eigenvalue weighted by atomic mass is 10.2. The molecule has 1 atom stereocenters. The van der Waals surface area contributed by atoms with E-state index in [0.717, 1.165) is 0 Å². The molecule has 0 aliphatic heterocycles. The van der Waals surface area contributed by atoms with Crippen molar-refractivity contribution >= 4 is 12.1 Å². The van der Waals surface area contributed by atoms with Gasteiger partial charge in [-0.3, -0.25) is 4.79 Å². The number of nitrogens with one attached hydrogen (secondary N) is 1. The van der Waals surface area contributed by atoms with E-state index >= 15 is 0 Å². The molecule has 0 heterocycles. The lowest BCUT2D eigenvalue weighted by Crippen LogP contribution is -2.42. The highest BCUT2D eigenvalue weighted by atomic mass is 16.6. The smallest absolute Gasteiger partial charge is 0.407 e. The molecule has 0 rings (SSSR count). The summed E-state index contributed by atoms with van der Waals surface area (Å²) in [5.74, 6) is -0.472. The van der Waals surface area contributed by atoms with Crippen LogP contribution in [0.5, 0.6) is 0 Å². The molecule has 6 nitrogen and oxygen atoms in total. The summed E-state index contributed by atoms with van der Waals surface area (Å²) in [6.07, 6.45) is -0.981. The summed E-state index contributed by atoms with van der Waals surface area (Å²) < 4.78 is 9.94. The van der Waals surface area contributed by atoms with Crippen LogP contribution < -0.4 is 5.32 Å². The first kappa shape index (κ1) is 16.7. The molecule has 0 aromatic heterocycles. The molecule has 0 saturated heterocycles. The Morgan fingerprint density at radius 2 is 1.83 bits per heavy atom. The number of carbonyl (C=O) groups is 2. The Hall–Kier alpha value is -1.30. The zero-order chi connectivity index (χ0) is 14.3. The second kappa shape index (κ2) is 7.20. The number of aliphatic hydroxyl groups excluding tert-OH is 1. The van der Waals surface area contributed by atoms with Gasteiger partial charge in [-0.05, 0) is 34.6 Å². The van der Waals surface area contributed by atoms with E-state index in [4.69, 9.17) is 14.6 Å². The first-order valence-electron chi connectivity index (χ1n) is 5.94. The Balaban J connectivity index is 4.19. The number of aliphatic hydroxyl groups is 1. The van der Waals surface area contributed by atoms with Gasteiger partial charge < -0.3 is 19.9 Å². The third kappa shape index (κ3) is 8.81. The van der Waals surface area contributed by atoms with Gasteiger partial charge in [-0.25, -0.2) is 4.79 Å².